The van der Waals surface area contributed by atoms with E-state index < -0.39 is 0 Å². The zero-order chi connectivity index (χ0) is 11.8. The summed E-state index contributed by atoms with van der Waals surface area (Å²) >= 11 is 0. The molecule has 0 spiro atoms. The molecule has 0 heterocycles. The first kappa shape index (κ1) is 11.7. The van der Waals surface area contributed by atoms with E-state index in [1.807, 2.05) is 0 Å². The van der Waals surface area contributed by atoms with Crippen molar-refractivity contribution in [3.8, 4) is 0 Å². The molecule has 88 valence electrons. The van der Waals surface area contributed by atoms with Crippen LogP contribution in [-0.4, -0.2) is 11.7 Å². The lowest BCUT2D eigenvalue weighted by molar-refractivity contribution is 0.0861. The van der Waals surface area contributed by atoms with E-state index >= 15 is 0 Å². The van der Waals surface area contributed by atoms with Crippen molar-refractivity contribution in [3.63, 3.8) is 0 Å². The van der Waals surface area contributed by atoms with Crippen LogP contribution in [0, 0.1) is 12.3 Å². The van der Waals surface area contributed by atoms with Gasteiger partial charge in [0.25, 0.3) is 0 Å². The third-order valence-electron chi connectivity index (χ3n) is 4.78. The molecule has 1 aromatic rings. The van der Waals surface area contributed by atoms with Gasteiger partial charge in [0.15, 0.2) is 0 Å². The van der Waals surface area contributed by atoms with Crippen LogP contribution in [0.4, 0.5) is 0 Å². The van der Waals surface area contributed by atoms with E-state index in [9.17, 15) is 5.11 Å². The lowest BCUT2D eigenvalue weighted by atomic mass is 9.64. The summed E-state index contributed by atoms with van der Waals surface area (Å²) in [6.45, 7) is 6.93. The van der Waals surface area contributed by atoms with E-state index in [1.54, 1.807) is 0 Å². The largest absolute Gasteiger partial charge is 0.396 e. The molecule has 1 aromatic carbocycles. The van der Waals surface area contributed by atoms with Gasteiger partial charge in [0, 0.05) is 17.4 Å². The van der Waals surface area contributed by atoms with Crippen LogP contribution in [0.1, 0.15) is 44.2 Å². The van der Waals surface area contributed by atoms with Gasteiger partial charge in [-0.05, 0) is 25.3 Å². The molecule has 16 heavy (non-hydrogen) atoms. The Kier molecular flexibility index (Phi) is 2.83. The zero-order valence-corrected chi connectivity index (χ0v) is 10.6. The zero-order valence-electron chi connectivity index (χ0n) is 10.6. The molecular formula is C15H22O. The molecule has 0 saturated heterocycles. The first-order valence-corrected chi connectivity index (χ1v) is 6.20. The summed E-state index contributed by atoms with van der Waals surface area (Å²) in [5.74, 6) is 0. The minimum absolute atomic E-state index is 0.0439. The highest BCUT2D eigenvalue weighted by Crippen LogP contribution is 2.53. The third-order valence-corrected chi connectivity index (χ3v) is 4.78. The predicted octanol–water partition coefficient (Wildman–Crippen LogP) is 3.44. The van der Waals surface area contributed by atoms with E-state index in [4.69, 9.17) is 0 Å². The van der Waals surface area contributed by atoms with E-state index in [1.165, 1.54) is 24.0 Å². The van der Waals surface area contributed by atoms with Crippen LogP contribution in [0.5, 0.6) is 0 Å². The highest BCUT2D eigenvalue weighted by atomic mass is 16.3. The molecule has 1 N–H and O–H groups in total. The lowest BCUT2D eigenvalue weighted by Gasteiger charge is -2.40. The van der Waals surface area contributed by atoms with Gasteiger partial charge in [-0.3, -0.25) is 0 Å². The number of aryl methyl sites for hydroxylation is 1. The molecule has 1 nitrogen and oxygen atoms in total. The summed E-state index contributed by atoms with van der Waals surface area (Å²) in [5.41, 5.74) is 2.86. The van der Waals surface area contributed by atoms with Crippen molar-refractivity contribution in [2.45, 2.75) is 45.4 Å². The second-order valence-corrected chi connectivity index (χ2v) is 5.77. The summed E-state index contributed by atoms with van der Waals surface area (Å²) in [7, 11) is 0. The maximum atomic E-state index is 9.68. The van der Waals surface area contributed by atoms with Crippen LogP contribution in [0.15, 0.2) is 24.3 Å². The molecule has 1 heteroatoms. The fourth-order valence-electron chi connectivity index (χ4n) is 3.08. The summed E-state index contributed by atoms with van der Waals surface area (Å²) in [6, 6.07) is 8.82. The Labute approximate surface area is 98.5 Å². The summed E-state index contributed by atoms with van der Waals surface area (Å²) in [5, 5.41) is 9.68. The molecule has 0 amide bonds. The molecule has 1 aliphatic carbocycles. The van der Waals surface area contributed by atoms with Gasteiger partial charge in [-0.25, -0.2) is 0 Å². The summed E-state index contributed by atoms with van der Waals surface area (Å²) < 4.78 is 0. The average molecular weight is 218 g/mol. The Bertz CT molecular complexity index is 368. The molecule has 1 aliphatic rings. The molecular weight excluding hydrogens is 196 g/mol. The fraction of sp³-hybridized carbons (Fsp3) is 0.600. The van der Waals surface area contributed by atoms with Gasteiger partial charge in [-0.2, -0.15) is 0 Å². The molecule has 2 atom stereocenters. The van der Waals surface area contributed by atoms with Crippen molar-refractivity contribution in [2.75, 3.05) is 6.61 Å². The van der Waals surface area contributed by atoms with Crippen LogP contribution >= 0.6 is 0 Å². The van der Waals surface area contributed by atoms with Gasteiger partial charge in [-0.1, -0.05) is 50.1 Å². The highest BCUT2D eigenvalue weighted by Gasteiger charge is 2.48. The molecule has 0 radical (unpaired) electrons. The first-order chi connectivity index (χ1) is 7.52. The Morgan fingerprint density at radius 3 is 2.31 bits per heavy atom. The van der Waals surface area contributed by atoms with Crippen LogP contribution in [0.2, 0.25) is 0 Å². The standard InChI is InChI=1S/C15H22O/c1-12-5-7-13(8-6-12)15(3)10-4-9-14(15,2)11-16/h5-8,16H,4,9-11H2,1-3H3/t14-,15+/m0/s1. The second kappa shape index (κ2) is 3.89. The maximum Gasteiger partial charge on any atom is 0.0493 e. The van der Waals surface area contributed by atoms with Crippen LogP contribution in [0.25, 0.3) is 0 Å². The summed E-state index contributed by atoms with van der Waals surface area (Å²) in [6.07, 6.45) is 3.54. The van der Waals surface area contributed by atoms with E-state index in [0.717, 1.165) is 6.42 Å². The molecule has 1 fully saturated rings. The highest BCUT2D eigenvalue weighted by molar-refractivity contribution is 5.31. The fourth-order valence-corrected chi connectivity index (χ4v) is 3.08. The number of benzene rings is 1. The van der Waals surface area contributed by atoms with Crippen LogP contribution in [-0.2, 0) is 5.41 Å². The van der Waals surface area contributed by atoms with Crippen LogP contribution < -0.4 is 0 Å². The molecule has 0 aromatic heterocycles. The molecule has 0 bridgehead atoms. The van der Waals surface area contributed by atoms with E-state index in [2.05, 4.69) is 45.0 Å². The monoisotopic (exact) mass is 218 g/mol. The van der Waals surface area contributed by atoms with Crippen molar-refractivity contribution in [2.24, 2.45) is 5.41 Å². The molecule has 0 aliphatic heterocycles. The Hall–Kier alpha value is -0.820. The minimum atomic E-state index is 0.0439. The van der Waals surface area contributed by atoms with Crippen molar-refractivity contribution in [1.29, 1.82) is 0 Å². The predicted molar refractivity (Wildman–Crippen MR) is 67.6 cm³/mol. The Morgan fingerprint density at radius 1 is 1.12 bits per heavy atom. The van der Waals surface area contributed by atoms with Gasteiger partial charge in [-0.15, -0.1) is 0 Å². The van der Waals surface area contributed by atoms with Gasteiger partial charge in [0.2, 0.25) is 0 Å². The number of aliphatic hydroxyl groups excluding tert-OH is 1. The lowest BCUT2D eigenvalue weighted by Crippen LogP contribution is -2.39. The first-order valence-electron chi connectivity index (χ1n) is 6.20. The molecule has 0 unspecified atom stereocenters. The SMILES string of the molecule is Cc1ccc([C@@]2(C)CCC[C@@]2(C)CO)cc1. The second-order valence-electron chi connectivity index (χ2n) is 5.77. The van der Waals surface area contributed by atoms with Crippen molar-refractivity contribution >= 4 is 0 Å². The minimum Gasteiger partial charge on any atom is -0.396 e. The third kappa shape index (κ3) is 1.58. The van der Waals surface area contributed by atoms with Crippen molar-refractivity contribution < 1.29 is 5.11 Å². The van der Waals surface area contributed by atoms with Crippen molar-refractivity contribution in [1.82, 2.24) is 0 Å². The quantitative estimate of drug-likeness (QED) is 0.806. The average Bonchev–Trinajstić information content (AvgIpc) is 2.58. The number of hydrogen-bond acceptors (Lipinski definition) is 1. The van der Waals surface area contributed by atoms with Crippen LogP contribution in [0.3, 0.4) is 0 Å². The van der Waals surface area contributed by atoms with Gasteiger partial charge >= 0.3 is 0 Å². The van der Waals surface area contributed by atoms with Gasteiger partial charge in [0.05, 0.1) is 0 Å². The number of rotatable bonds is 2. The van der Waals surface area contributed by atoms with Gasteiger partial charge in [0.1, 0.15) is 0 Å². The molecule has 2 rings (SSSR count). The maximum absolute atomic E-state index is 9.68. The van der Waals surface area contributed by atoms with E-state index in [0.29, 0.717) is 0 Å². The Balaban J connectivity index is 2.41. The van der Waals surface area contributed by atoms with Crippen molar-refractivity contribution in [3.05, 3.63) is 35.4 Å². The number of aliphatic hydroxyl groups is 1. The normalized spacial score (nSPS) is 34.2. The number of hydrogen-bond donors (Lipinski definition) is 1. The van der Waals surface area contributed by atoms with E-state index in [-0.39, 0.29) is 17.4 Å². The van der Waals surface area contributed by atoms with Gasteiger partial charge < -0.3 is 5.11 Å². The molecule has 1 saturated carbocycles. The summed E-state index contributed by atoms with van der Waals surface area (Å²) in [4.78, 5) is 0. The Morgan fingerprint density at radius 2 is 1.75 bits per heavy atom. The topological polar surface area (TPSA) is 20.2 Å². The smallest absolute Gasteiger partial charge is 0.0493 e.